The summed E-state index contributed by atoms with van der Waals surface area (Å²) >= 11 is 0. The zero-order valence-corrected chi connectivity index (χ0v) is 10.0. The van der Waals surface area contributed by atoms with Crippen LogP contribution >= 0.6 is 0 Å². The molecule has 1 aromatic rings. The fourth-order valence-corrected chi connectivity index (χ4v) is 2.62. The third-order valence-corrected chi connectivity index (χ3v) is 3.62. The van der Waals surface area contributed by atoms with Crippen molar-refractivity contribution in [1.29, 1.82) is 0 Å². The lowest BCUT2D eigenvalue weighted by atomic mass is 9.83. The molecule has 2 atom stereocenters. The maximum atomic E-state index is 4.24. The highest BCUT2D eigenvalue weighted by Gasteiger charge is 2.22. The zero-order chi connectivity index (χ0) is 11.2. The molecule has 1 N–H and O–H groups in total. The van der Waals surface area contributed by atoms with Crippen molar-refractivity contribution in [2.75, 3.05) is 0 Å². The van der Waals surface area contributed by atoms with Crippen molar-refractivity contribution in [3.8, 4) is 0 Å². The molecule has 1 fully saturated rings. The van der Waals surface area contributed by atoms with Crippen LogP contribution in [0.5, 0.6) is 0 Å². The fourth-order valence-electron chi connectivity index (χ4n) is 2.62. The van der Waals surface area contributed by atoms with Gasteiger partial charge in [-0.1, -0.05) is 26.2 Å². The lowest BCUT2D eigenvalue weighted by Gasteiger charge is -2.31. The number of rotatable bonds is 4. The molecule has 0 aliphatic heterocycles. The normalized spacial score (nSPS) is 25.6. The van der Waals surface area contributed by atoms with E-state index in [0.29, 0.717) is 6.04 Å². The molecule has 1 heterocycles. The number of nitrogens with zero attached hydrogens (tertiary/aromatic N) is 2. The number of hydrogen-bond acceptors (Lipinski definition) is 3. The first-order chi connectivity index (χ1) is 7.90. The molecular formula is C13H21N3. The van der Waals surface area contributed by atoms with E-state index in [1.165, 1.54) is 32.1 Å². The number of nitrogens with one attached hydrogen (secondary N) is 1. The van der Waals surface area contributed by atoms with E-state index in [0.717, 1.165) is 18.2 Å². The molecule has 16 heavy (non-hydrogen) atoms. The van der Waals surface area contributed by atoms with E-state index in [1.54, 1.807) is 6.33 Å². The second kappa shape index (κ2) is 5.94. The topological polar surface area (TPSA) is 37.8 Å². The lowest BCUT2D eigenvalue weighted by molar-refractivity contribution is 0.254. The molecule has 1 aliphatic carbocycles. The summed E-state index contributed by atoms with van der Waals surface area (Å²) in [5.74, 6) is 0.857. The van der Waals surface area contributed by atoms with Crippen molar-refractivity contribution in [3.63, 3.8) is 0 Å². The predicted molar refractivity (Wildman–Crippen MR) is 64.9 cm³/mol. The molecule has 0 saturated heterocycles. The Balaban J connectivity index is 1.84. The van der Waals surface area contributed by atoms with Crippen molar-refractivity contribution in [2.24, 2.45) is 5.92 Å². The molecule has 1 aromatic heterocycles. The molecule has 1 saturated carbocycles. The molecule has 3 heteroatoms. The molecular weight excluding hydrogens is 198 g/mol. The fraction of sp³-hybridized carbons (Fsp3) is 0.692. The van der Waals surface area contributed by atoms with Crippen LogP contribution in [0, 0.1) is 5.92 Å². The second-order valence-corrected chi connectivity index (χ2v) is 4.64. The van der Waals surface area contributed by atoms with Crippen LogP contribution in [0.15, 0.2) is 18.6 Å². The van der Waals surface area contributed by atoms with Crippen molar-refractivity contribution in [3.05, 3.63) is 24.3 Å². The molecule has 0 spiro atoms. The molecule has 88 valence electrons. The predicted octanol–water partition coefficient (Wildman–Crippen LogP) is 2.54. The SMILES string of the molecule is CCC1CCCCC1NCc1ccncn1. The van der Waals surface area contributed by atoms with Crippen LogP contribution in [0.1, 0.15) is 44.7 Å². The Hall–Kier alpha value is -0.960. The highest BCUT2D eigenvalue weighted by Crippen LogP contribution is 2.26. The zero-order valence-electron chi connectivity index (χ0n) is 10.0. The van der Waals surface area contributed by atoms with Crippen molar-refractivity contribution in [2.45, 2.75) is 51.6 Å². The van der Waals surface area contributed by atoms with Gasteiger partial charge in [-0.15, -0.1) is 0 Å². The van der Waals surface area contributed by atoms with Gasteiger partial charge in [0.2, 0.25) is 0 Å². The highest BCUT2D eigenvalue weighted by atomic mass is 14.9. The van der Waals surface area contributed by atoms with Crippen LogP contribution in [0.4, 0.5) is 0 Å². The quantitative estimate of drug-likeness (QED) is 0.845. The summed E-state index contributed by atoms with van der Waals surface area (Å²) in [4.78, 5) is 8.17. The molecule has 0 radical (unpaired) electrons. The van der Waals surface area contributed by atoms with Crippen molar-refractivity contribution < 1.29 is 0 Å². The molecule has 0 amide bonds. The van der Waals surface area contributed by atoms with Gasteiger partial charge < -0.3 is 5.32 Å². The van der Waals surface area contributed by atoms with Crippen LogP contribution in [-0.2, 0) is 6.54 Å². The summed E-state index contributed by atoms with van der Waals surface area (Å²) in [5.41, 5.74) is 1.09. The largest absolute Gasteiger partial charge is 0.308 e. The van der Waals surface area contributed by atoms with Gasteiger partial charge >= 0.3 is 0 Å². The molecule has 0 bridgehead atoms. The maximum Gasteiger partial charge on any atom is 0.115 e. The standard InChI is InChI=1S/C13H21N3/c1-2-11-5-3-4-6-13(11)15-9-12-7-8-14-10-16-12/h7-8,10-11,13,15H,2-6,9H2,1H3. The van der Waals surface area contributed by atoms with Crippen LogP contribution in [0.25, 0.3) is 0 Å². The van der Waals surface area contributed by atoms with Crippen LogP contribution in [0.3, 0.4) is 0 Å². The van der Waals surface area contributed by atoms with Gasteiger partial charge in [-0.3, -0.25) is 0 Å². The Labute approximate surface area is 97.7 Å². The Kier molecular flexibility index (Phi) is 4.28. The average molecular weight is 219 g/mol. The third-order valence-electron chi connectivity index (χ3n) is 3.62. The summed E-state index contributed by atoms with van der Waals surface area (Å²) in [7, 11) is 0. The first-order valence-corrected chi connectivity index (χ1v) is 6.38. The minimum Gasteiger partial charge on any atom is -0.308 e. The van der Waals surface area contributed by atoms with E-state index in [1.807, 2.05) is 12.3 Å². The van der Waals surface area contributed by atoms with Crippen LogP contribution < -0.4 is 5.32 Å². The molecule has 2 rings (SSSR count). The second-order valence-electron chi connectivity index (χ2n) is 4.64. The lowest BCUT2D eigenvalue weighted by Crippen LogP contribution is -2.38. The van der Waals surface area contributed by atoms with Gasteiger partial charge in [-0.05, 0) is 24.8 Å². The van der Waals surface area contributed by atoms with Crippen LogP contribution in [0.2, 0.25) is 0 Å². The summed E-state index contributed by atoms with van der Waals surface area (Å²) in [5, 5.41) is 3.65. The minimum atomic E-state index is 0.689. The highest BCUT2D eigenvalue weighted by molar-refractivity contribution is 4.97. The van der Waals surface area contributed by atoms with Crippen molar-refractivity contribution in [1.82, 2.24) is 15.3 Å². The van der Waals surface area contributed by atoms with Gasteiger partial charge in [-0.25, -0.2) is 9.97 Å². The van der Waals surface area contributed by atoms with E-state index < -0.39 is 0 Å². The smallest absolute Gasteiger partial charge is 0.115 e. The van der Waals surface area contributed by atoms with E-state index >= 15 is 0 Å². The first-order valence-electron chi connectivity index (χ1n) is 6.38. The Morgan fingerprint density at radius 2 is 2.25 bits per heavy atom. The van der Waals surface area contributed by atoms with E-state index in [4.69, 9.17) is 0 Å². The summed E-state index contributed by atoms with van der Waals surface area (Å²) < 4.78 is 0. The van der Waals surface area contributed by atoms with Gasteiger partial charge in [0.1, 0.15) is 6.33 Å². The summed E-state index contributed by atoms with van der Waals surface area (Å²) in [6.45, 7) is 3.18. The summed E-state index contributed by atoms with van der Waals surface area (Å²) in [6.07, 6.45) is 10.2. The molecule has 1 aliphatic rings. The van der Waals surface area contributed by atoms with E-state index in [9.17, 15) is 0 Å². The molecule has 2 unspecified atom stereocenters. The van der Waals surface area contributed by atoms with E-state index in [-0.39, 0.29) is 0 Å². The summed E-state index contributed by atoms with van der Waals surface area (Å²) in [6, 6.07) is 2.67. The minimum absolute atomic E-state index is 0.689. The average Bonchev–Trinajstić information content (AvgIpc) is 2.38. The van der Waals surface area contributed by atoms with Crippen LogP contribution in [-0.4, -0.2) is 16.0 Å². The third kappa shape index (κ3) is 3.01. The van der Waals surface area contributed by atoms with Gasteiger partial charge in [0.15, 0.2) is 0 Å². The van der Waals surface area contributed by atoms with Gasteiger partial charge in [0.05, 0.1) is 5.69 Å². The first kappa shape index (κ1) is 11.5. The van der Waals surface area contributed by atoms with Gasteiger partial charge in [0.25, 0.3) is 0 Å². The number of aromatic nitrogens is 2. The van der Waals surface area contributed by atoms with Gasteiger partial charge in [-0.2, -0.15) is 0 Å². The Morgan fingerprint density at radius 1 is 1.38 bits per heavy atom. The Bertz CT molecular complexity index is 299. The van der Waals surface area contributed by atoms with Gasteiger partial charge in [0, 0.05) is 18.8 Å². The van der Waals surface area contributed by atoms with E-state index in [2.05, 4.69) is 22.2 Å². The Morgan fingerprint density at radius 3 is 3.00 bits per heavy atom. The van der Waals surface area contributed by atoms with Crippen molar-refractivity contribution >= 4 is 0 Å². The molecule has 3 nitrogen and oxygen atoms in total. The molecule has 0 aromatic carbocycles. The maximum absolute atomic E-state index is 4.24. The monoisotopic (exact) mass is 219 g/mol. The number of hydrogen-bond donors (Lipinski definition) is 1.